The fourth-order valence-electron chi connectivity index (χ4n) is 1.73. The molecule has 8 heteroatoms. The number of para-hydroxylation sites is 1. The second-order valence-corrected chi connectivity index (χ2v) is 4.06. The predicted molar refractivity (Wildman–Crippen MR) is 72.5 cm³/mol. The van der Waals surface area contributed by atoms with E-state index in [2.05, 4.69) is 15.4 Å². The zero-order valence-electron chi connectivity index (χ0n) is 11.0. The number of hydrazine groups is 1. The van der Waals surface area contributed by atoms with E-state index in [1.807, 2.05) is 0 Å². The lowest BCUT2D eigenvalue weighted by Gasteiger charge is -2.08. The Balaban J connectivity index is 2.42. The number of nitrogens with zero attached hydrogens (tertiary/aromatic N) is 3. The normalized spacial score (nSPS) is 10.2. The van der Waals surface area contributed by atoms with Gasteiger partial charge in [-0.1, -0.05) is 12.1 Å². The lowest BCUT2D eigenvalue weighted by Crippen LogP contribution is -2.10. The molecule has 0 fully saturated rings. The van der Waals surface area contributed by atoms with Crippen molar-refractivity contribution in [2.45, 2.75) is 13.8 Å². The van der Waals surface area contributed by atoms with Gasteiger partial charge in [-0.05, 0) is 19.9 Å². The number of anilines is 1. The van der Waals surface area contributed by atoms with E-state index in [1.54, 1.807) is 26.0 Å². The summed E-state index contributed by atoms with van der Waals surface area (Å²) in [7, 11) is 0. The summed E-state index contributed by atoms with van der Waals surface area (Å²) in [5.41, 5.74) is 2.80. The molecule has 0 aliphatic carbocycles. The Morgan fingerprint density at radius 2 is 2.10 bits per heavy atom. The number of nitro benzene ring substituents is 1. The van der Waals surface area contributed by atoms with Gasteiger partial charge in [0.2, 0.25) is 11.6 Å². The SMILES string of the molecule is Cc1nc(NN)cc(Oc2cccc(C)c2[N+](=O)[O-])n1. The Bertz CT molecular complexity index is 660. The van der Waals surface area contributed by atoms with E-state index in [0.717, 1.165) is 0 Å². The molecular formula is C12H13N5O3. The van der Waals surface area contributed by atoms with Crippen molar-refractivity contribution >= 4 is 11.5 Å². The molecule has 20 heavy (non-hydrogen) atoms. The standard InChI is InChI=1S/C12H13N5O3/c1-7-4-3-5-9(12(7)17(18)19)20-11-6-10(16-13)14-8(2)15-11/h3-6H,13H2,1-2H3,(H,14,15,16). The van der Waals surface area contributed by atoms with Crippen LogP contribution in [0.4, 0.5) is 11.5 Å². The van der Waals surface area contributed by atoms with Gasteiger partial charge in [0.1, 0.15) is 11.6 Å². The maximum atomic E-state index is 11.1. The molecule has 1 heterocycles. The Labute approximate surface area is 114 Å². The van der Waals surface area contributed by atoms with Gasteiger partial charge in [-0.3, -0.25) is 10.1 Å². The van der Waals surface area contributed by atoms with E-state index in [1.165, 1.54) is 12.1 Å². The Kier molecular flexibility index (Phi) is 3.76. The maximum Gasteiger partial charge on any atom is 0.314 e. The molecule has 0 bridgehead atoms. The number of nitro groups is 1. The molecule has 0 unspecified atom stereocenters. The van der Waals surface area contributed by atoms with Crippen LogP contribution < -0.4 is 16.0 Å². The minimum absolute atomic E-state index is 0.0916. The van der Waals surface area contributed by atoms with Crippen LogP contribution in [0, 0.1) is 24.0 Å². The van der Waals surface area contributed by atoms with Gasteiger partial charge in [-0.2, -0.15) is 4.98 Å². The first-order chi connectivity index (χ1) is 9.51. The van der Waals surface area contributed by atoms with Crippen LogP contribution in [0.5, 0.6) is 11.6 Å². The van der Waals surface area contributed by atoms with E-state index < -0.39 is 4.92 Å². The molecule has 0 amide bonds. The number of aromatic nitrogens is 2. The molecule has 0 saturated heterocycles. The molecular weight excluding hydrogens is 262 g/mol. The number of hydrogen-bond donors (Lipinski definition) is 2. The lowest BCUT2D eigenvalue weighted by molar-refractivity contribution is -0.386. The van der Waals surface area contributed by atoms with Gasteiger partial charge in [0.25, 0.3) is 0 Å². The molecule has 0 spiro atoms. The van der Waals surface area contributed by atoms with Gasteiger partial charge < -0.3 is 10.2 Å². The smallest absolute Gasteiger partial charge is 0.314 e. The molecule has 2 aromatic rings. The summed E-state index contributed by atoms with van der Waals surface area (Å²) in [4.78, 5) is 18.7. The van der Waals surface area contributed by atoms with Crippen LogP contribution in [-0.4, -0.2) is 14.9 Å². The van der Waals surface area contributed by atoms with Gasteiger partial charge in [0, 0.05) is 11.6 Å². The molecule has 2 rings (SSSR count). The molecule has 0 saturated carbocycles. The number of rotatable bonds is 4. The predicted octanol–water partition coefficient (Wildman–Crippen LogP) is 2.08. The minimum Gasteiger partial charge on any atom is -0.432 e. The highest BCUT2D eigenvalue weighted by atomic mass is 16.6. The Morgan fingerprint density at radius 1 is 1.35 bits per heavy atom. The van der Waals surface area contributed by atoms with Crippen molar-refractivity contribution in [3.8, 4) is 11.6 Å². The highest BCUT2D eigenvalue weighted by molar-refractivity contribution is 5.53. The molecule has 104 valence electrons. The number of aryl methyl sites for hydroxylation is 2. The average molecular weight is 275 g/mol. The fraction of sp³-hybridized carbons (Fsp3) is 0.167. The highest BCUT2D eigenvalue weighted by Crippen LogP contribution is 2.33. The van der Waals surface area contributed by atoms with Crippen LogP contribution in [0.25, 0.3) is 0 Å². The highest BCUT2D eigenvalue weighted by Gasteiger charge is 2.19. The van der Waals surface area contributed by atoms with Gasteiger partial charge >= 0.3 is 5.69 Å². The van der Waals surface area contributed by atoms with Crippen LogP contribution in [0.1, 0.15) is 11.4 Å². The number of benzene rings is 1. The van der Waals surface area contributed by atoms with Gasteiger partial charge in [-0.25, -0.2) is 10.8 Å². The summed E-state index contributed by atoms with van der Waals surface area (Å²) in [5.74, 6) is 6.38. The summed E-state index contributed by atoms with van der Waals surface area (Å²) >= 11 is 0. The summed E-state index contributed by atoms with van der Waals surface area (Å²) in [5, 5.41) is 11.1. The lowest BCUT2D eigenvalue weighted by atomic mass is 10.2. The number of hydrogen-bond acceptors (Lipinski definition) is 7. The molecule has 0 aliphatic heterocycles. The van der Waals surface area contributed by atoms with Crippen molar-refractivity contribution in [1.82, 2.24) is 9.97 Å². The Hall–Kier alpha value is -2.74. The van der Waals surface area contributed by atoms with Crippen LogP contribution in [0.15, 0.2) is 24.3 Å². The van der Waals surface area contributed by atoms with Crippen molar-refractivity contribution in [3.63, 3.8) is 0 Å². The first kappa shape index (κ1) is 13.7. The number of nitrogen functional groups attached to an aromatic ring is 1. The molecule has 0 radical (unpaired) electrons. The summed E-state index contributed by atoms with van der Waals surface area (Å²) in [6, 6.07) is 6.29. The molecule has 0 atom stereocenters. The van der Waals surface area contributed by atoms with Gasteiger partial charge in [0.05, 0.1) is 4.92 Å². The summed E-state index contributed by atoms with van der Waals surface area (Å²) in [6.07, 6.45) is 0. The van der Waals surface area contributed by atoms with Crippen molar-refractivity contribution < 1.29 is 9.66 Å². The summed E-state index contributed by atoms with van der Waals surface area (Å²) in [6.45, 7) is 3.31. The van der Waals surface area contributed by atoms with E-state index in [0.29, 0.717) is 17.2 Å². The van der Waals surface area contributed by atoms with Crippen molar-refractivity contribution in [2.24, 2.45) is 5.84 Å². The van der Waals surface area contributed by atoms with Crippen molar-refractivity contribution in [2.75, 3.05) is 5.43 Å². The van der Waals surface area contributed by atoms with E-state index in [9.17, 15) is 10.1 Å². The first-order valence-corrected chi connectivity index (χ1v) is 5.75. The van der Waals surface area contributed by atoms with Crippen molar-refractivity contribution in [1.29, 1.82) is 0 Å². The molecule has 8 nitrogen and oxygen atoms in total. The number of ether oxygens (including phenoxy) is 1. The van der Waals surface area contributed by atoms with Crippen molar-refractivity contribution in [3.05, 3.63) is 45.8 Å². The van der Waals surface area contributed by atoms with Crippen LogP contribution >= 0.6 is 0 Å². The third-order valence-electron chi connectivity index (χ3n) is 2.56. The van der Waals surface area contributed by atoms with Crippen LogP contribution in [0.3, 0.4) is 0 Å². The Morgan fingerprint density at radius 3 is 2.75 bits per heavy atom. The zero-order chi connectivity index (χ0) is 14.7. The molecule has 1 aromatic heterocycles. The van der Waals surface area contributed by atoms with Crippen LogP contribution in [-0.2, 0) is 0 Å². The average Bonchev–Trinajstić information content (AvgIpc) is 2.37. The topological polar surface area (TPSA) is 116 Å². The van der Waals surface area contributed by atoms with Gasteiger partial charge in [0.15, 0.2) is 0 Å². The van der Waals surface area contributed by atoms with Crippen LogP contribution in [0.2, 0.25) is 0 Å². The van der Waals surface area contributed by atoms with E-state index in [4.69, 9.17) is 10.6 Å². The zero-order valence-corrected chi connectivity index (χ0v) is 11.0. The minimum atomic E-state index is -0.485. The second kappa shape index (κ2) is 5.49. The van der Waals surface area contributed by atoms with E-state index >= 15 is 0 Å². The third kappa shape index (κ3) is 2.81. The monoisotopic (exact) mass is 275 g/mol. The largest absolute Gasteiger partial charge is 0.432 e. The second-order valence-electron chi connectivity index (χ2n) is 4.06. The fourth-order valence-corrected chi connectivity index (χ4v) is 1.73. The molecule has 3 N–H and O–H groups in total. The number of nitrogens with two attached hydrogens (primary N) is 1. The molecule has 1 aromatic carbocycles. The quantitative estimate of drug-likeness (QED) is 0.498. The van der Waals surface area contributed by atoms with Gasteiger partial charge in [-0.15, -0.1) is 0 Å². The number of nitrogens with one attached hydrogen (secondary N) is 1. The maximum absolute atomic E-state index is 11.1. The molecule has 0 aliphatic rings. The first-order valence-electron chi connectivity index (χ1n) is 5.75. The third-order valence-corrected chi connectivity index (χ3v) is 2.56. The summed E-state index contributed by atoms with van der Waals surface area (Å²) < 4.78 is 5.49. The van der Waals surface area contributed by atoms with E-state index in [-0.39, 0.29) is 17.3 Å².